The summed E-state index contributed by atoms with van der Waals surface area (Å²) in [5.74, 6) is 1.51. The summed E-state index contributed by atoms with van der Waals surface area (Å²) in [7, 11) is 3.13. The molecular formula is C19H21ClN2O4. The highest BCUT2D eigenvalue weighted by Gasteiger charge is 2.11. The smallest absolute Gasteiger partial charge is 0.244 e. The number of halogens is 1. The molecule has 2 aromatic carbocycles. The molecule has 6 nitrogen and oxygen atoms in total. The predicted molar refractivity (Wildman–Crippen MR) is 102 cm³/mol. The van der Waals surface area contributed by atoms with Crippen molar-refractivity contribution in [3.05, 3.63) is 52.5 Å². The highest BCUT2D eigenvalue weighted by molar-refractivity contribution is 6.32. The number of benzene rings is 2. The molecule has 0 saturated carbocycles. The van der Waals surface area contributed by atoms with Gasteiger partial charge in [0.15, 0.2) is 11.5 Å². The Bertz CT molecular complexity index is 776. The summed E-state index contributed by atoms with van der Waals surface area (Å²) in [6.07, 6.45) is 1.71. The van der Waals surface area contributed by atoms with Gasteiger partial charge in [-0.05, 0) is 42.3 Å². The monoisotopic (exact) mass is 376 g/mol. The van der Waals surface area contributed by atoms with E-state index in [2.05, 4.69) is 10.5 Å². The number of nitrogens with zero attached hydrogens (tertiary/aromatic N) is 1. The van der Waals surface area contributed by atoms with Crippen LogP contribution < -0.4 is 19.6 Å². The fraction of sp³-hybridized carbons (Fsp3) is 0.263. The normalized spacial score (nSPS) is 10.6. The van der Waals surface area contributed by atoms with Crippen LogP contribution in [0.15, 0.2) is 41.5 Å². The molecule has 0 bridgehead atoms. The van der Waals surface area contributed by atoms with Crippen LogP contribution in [0.5, 0.6) is 17.2 Å². The lowest BCUT2D eigenvalue weighted by atomic mass is 10.1. The predicted octanol–water partition coefficient (Wildman–Crippen LogP) is 3.45. The Labute approximate surface area is 157 Å². The summed E-state index contributed by atoms with van der Waals surface area (Å²) in [6, 6.07) is 10.7. The van der Waals surface area contributed by atoms with E-state index in [1.165, 1.54) is 13.3 Å². The van der Waals surface area contributed by atoms with Gasteiger partial charge in [-0.15, -0.1) is 0 Å². The third-order valence-electron chi connectivity index (χ3n) is 3.47. The second kappa shape index (κ2) is 9.68. The molecule has 0 atom stereocenters. The van der Waals surface area contributed by atoms with Gasteiger partial charge in [-0.2, -0.15) is 5.10 Å². The van der Waals surface area contributed by atoms with Crippen molar-refractivity contribution in [1.82, 2.24) is 5.43 Å². The first-order chi connectivity index (χ1) is 12.6. The SMILES string of the molecule is CCOc1c(Cl)cc(/C=N\NC(=O)Cc2ccc(OC)cc2)cc1OC. The summed E-state index contributed by atoms with van der Waals surface area (Å²) in [5, 5.41) is 4.37. The molecule has 0 aromatic heterocycles. The minimum absolute atomic E-state index is 0.217. The number of nitrogens with one attached hydrogen (secondary N) is 1. The van der Waals surface area contributed by atoms with Gasteiger partial charge in [0.1, 0.15) is 5.75 Å². The average Bonchev–Trinajstić information content (AvgIpc) is 2.64. The van der Waals surface area contributed by atoms with Crippen LogP contribution in [0.4, 0.5) is 0 Å². The number of ether oxygens (including phenoxy) is 3. The fourth-order valence-corrected chi connectivity index (χ4v) is 2.52. The van der Waals surface area contributed by atoms with Crippen LogP contribution in [0.25, 0.3) is 0 Å². The summed E-state index contributed by atoms with van der Waals surface area (Å²) < 4.78 is 15.8. The van der Waals surface area contributed by atoms with Crippen molar-refractivity contribution >= 4 is 23.7 Å². The number of carbonyl (C=O) groups excluding carboxylic acids is 1. The van der Waals surface area contributed by atoms with Gasteiger partial charge in [0.25, 0.3) is 0 Å². The van der Waals surface area contributed by atoms with Crippen LogP contribution >= 0.6 is 11.6 Å². The minimum atomic E-state index is -0.226. The highest BCUT2D eigenvalue weighted by Crippen LogP contribution is 2.35. The Morgan fingerprint density at radius 2 is 1.92 bits per heavy atom. The van der Waals surface area contributed by atoms with E-state index in [1.807, 2.05) is 19.1 Å². The van der Waals surface area contributed by atoms with E-state index in [9.17, 15) is 4.79 Å². The summed E-state index contributed by atoms with van der Waals surface area (Å²) >= 11 is 6.20. The first-order valence-corrected chi connectivity index (χ1v) is 8.40. The summed E-state index contributed by atoms with van der Waals surface area (Å²) in [5.41, 5.74) is 4.03. The number of carbonyl (C=O) groups is 1. The van der Waals surface area contributed by atoms with Crippen molar-refractivity contribution in [3.63, 3.8) is 0 Å². The number of amides is 1. The van der Waals surface area contributed by atoms with E-state index in [-0.39, 0.29) is 12.3 Å². The Balaban J connectivity index is 1.98. The molecule has 1 amide bonds. The molecule has 0 heterocycles. The van der Waals surface area contributed by atoms with Crippen molar-refractivity contribution in [1.29, 1.82) is 0 Å². The lowest BCUT2D eigenvalue weighted by Crippen LogP contribution is -2.19. The third-order valence-corrected chi connectivity index (χ3v) is 3.75. The van der Waals surface area contributed by atoms with Crippen molar-refractivity contribution in [2.24, 2.45) is 5.10 Å². The van der Waals surface area contributed by atoms with Crippen LogP contribution in [0, 0.1) is 0 Å². The summed E-state index contributed by atoms with van der Waals surface area (Å²) in [6.45, 7) is 2.34. The van der Waals surface area contributed by atoms with E-state index in [4.69, 9.17) is 25.8 Å². The maximum absolute atomic E-state index is 12.0. The Hall–Kier alpha value is -2.73. The number of methoxy groups -OCH3 is 2. The first-order valence-electron chi connectivity index (χ1n) is 8.02. The van der Waals surface area contributed by atoms with Crippen molar-refractivity contribution in [2.75, 3.05) is 20.8 Å². The van der Waals surface area contributed by atoms with E-state index in [0.29, 0.717) is 28.7 Å². The topological polar surface area (TPSA) is 69.2 Å². The molecule has 1 N–H and O–H groups in total. The van der Waals surface area contributed by atoms with Gasteiger partial charge in [0, 0.05) is 0 Å². The van der Waals surface area contributed by atoms with Gasteiger partial charge in [0.05, 0.1) is 38.5 Å². The lowest BCUT2D eigenvalue weighted by Gasteiger charge is -2.11. The molecule has 26 heavy (non-hydrogen) atoms. The maximum atomic E-state index is 12.0. The molecule has 0 fully saturated rings. The molecule has 0 spiro atoms. The molecule has 0 unspecified atom stereocenters. The first kappa shape index (κ1) is 19.6. The number of hydrogen-bond donors (Lipinski definition) is 1. The third kappa shape index (κ3) is 5.39. The number of rotatable bonds is 8. The Morgan fingerprint density at radius 3 is 2.54 bits per heavy atom. The standard InChI is InChI=1S/C19H21ClN2O4/c1-4-26-19-16(20)9-14(10-17(19)25-3)12-21-22-18(23)11-13-5-7-15(24-2)8-6-13/h5-10,12H,4,11H2,1-3H3,(H,22,23)/b21-12-. The van der Waals surface area contributed by atoms with Crippen molar-refractivity contribution < 1.29 is 19.0 Å². The quantitative estimate of drug-likeness (QED) is 0.566. The second-order valence-corrected chi connectivity index (χ2v) is 5.69. The number of hydrogen-bond acceptors (Lipinski definition) is 5. The Kier molecular flexibility index (Phi) is 7.29. The van der Waals surface area contributed by atoms with Crippen molar-refractivity contribution in [2.45, 2.75) is 13.3 Å². The fourth-order valence-electron chi connectivity index (χ4n) is 2.25. The van der Waals surface area contributed by atoms with Crippen LogP contribution in [0.3, 0.4) is 0 Å². The van der Waals surface area contributed by atoms with E-state index < -0.39 is 0 Å². The zero-order valence-electron chi connectivity index (χ0n) is 14.9. The van der Waals surface area contributed by atoms with E-state index in [1.54, 1.807) is 31.4 Å². The molecule has 7 heteroatoms. The van der Waals surface area contributed by atoms with Crippen LogP contribution in [0.1, 0.15) is 18.1 Å². The van der Waals surface area contributed by atoms with Crippen LogP contribution in [-0.2, 0) is 11.2 Å². The van der Waals surface area contributed by atoms with E-state index >= 15 is 0 Å². The zero-order valence-corrected chi connectivity index (χ0v) is 15.7. The average molecular weight is 377 g/mol. The highest BCUT2D eigenvalue weighted by atomic mass is 35.5. The van der Waals surface area contributed by atoms with E-state index in [0.717, 1.165) is 11.3 Å². The van der Waals surface area contributed by atoms with Gasteiger partial charge in [-0.3, -0.25) is 4.79 Å². The van der Waals surface area contributed by atoms with Crippen molar-refractivity contribution in [3.8, 4) is 17.2 Å². The van der Waals surface area contributed by atoms with Gasteiger partial charge < -0.3 is 14.2 Å². The molecule has 0 aliphatic heterocycles. The second-order valence-electron chi connectivity index (χ2n) is 5.29. The largest absolute Gasteiger partial charge is 0.497 e. The molecule has 0 aliphatic carbocycles. The molecule has 0 aliphatic rings. The van der Waals surface area contributed by atoms with Gasteiger partial charge in [-0.1, -0.05) is 23.7 Å². The number of hydrazone groups is 1. The maximum Gasteiger partial charge on any atom is 0.244 e. The van der Waals surface area contributed by atoms with Crippen LogP contribution in [-0.4, -0.2) is 32.9 Å². The van der Waals surface area contributed by atoms with Crippen LogP contribution in [0.2, 0.25) is 5.02 Å². The van der Waals surface area contributed by atoms with Gasteiger partial charge in [-0.25, -0.2) is 5.43 Å². The lowest BCUT2D eigenvalue weighted by molar-refractivity contribution is -0.120. The molecule has 0 saturated heterocycles. The zero-order chi connectivity index (χ0) is 18.9. The minimum Gasteiger partial charge on any atom is -0.497 e. The Morgan fingerprint density at radius 1 is 1.19 bits per heavy atom. The van der Waals surface area contributed by atoms with Gasteiger partial charge in [0.2, 0.25) is 5.91 Å². The molecule has 2 rings (SSSR count). The molecule has 138 valence electrons. The summed E-state index contributed by atoms with van der Waals surface area (Å²) in [4.78, 5) is 12.0. The molecular weight excluding hydrogens is 356 g/mol. The van der Waals surface area contributed by atoms with Gasteiger partial charge >= 0.3 is 0 Å². The molecule has 2 aromatic rings. The molecule has 0 radical (unpaired) electrons.